The molecule has 8 rings (SSSR count). The summed E-state index contributed by atoms with van der Waals surface area (Å²) in [5.74, 6) is -0.744. The van der Waals surface area contributed by atoms with Gasteiger partial charge in [-0.05, 0) is 91.4 Å². The second-order valence-electron chi connectivity index (χ2n) is 16.7. The molecule has 61 heavy (non-hydrogen) atoms. The highest BCUT2D eigenvalue weighted by molar-refractivity contribution is 6.06. The molecule has 2 saturated heterocycles. The maximum absolute atomic E-state index is 13.5. The predicted molar refractivity (Wildman–Crippen MR) is 230 cm³/mol. The largest absolute Gasteiger partial charge is 0.347 e. The molecule has 4 aliphatic rings. The van der Waals surface area contributed by atoms with Crippen LogP contribution in [-0.2, 0) is 34.8 Å². The van der Waals surface area contributed by atoms with Gasteiger partial charge in [-0.15, -0.1) is 0 Å². The Labute approximate surface area is 355 Å². The number of imide groups is 1. The number of urea groups is 1. The molecule has 1 aliphatic carbocycles. The van der Waals surface area contributed by atoms with Gasteiger partial charge in [0.05, 0.1) is 12.1 Å². The zero-order valence-corrected chi connectivity index (χ0v) is 35.0. The van der Waals surface area contributed by atoms with Crippen molar-refractivity contribution >= 4 is 46.9 Å². The van der Waals surface area contributed by atoms with Crippen molar-refractivity contribution < 1.29 is 28.8 Å². The molecule has 0 unspecified atom stereocenters. The van der Waals surface area contributed by atoms with Crippen LogP contribution in [0.1, 0.15) is 79.3 Å². The smallest absolute Gasteiger partial charge is 0.328 e. The number of hydrogen-bond acceptors (Lipinski definition) is 8. The van der Waals surface area contributed by atoms with Gasteiger partial charge in [-0.3, -0.25) is 44.0 Å². The summed E-state index contributed by atoms with van der Waals surface area (Å²) in [6, 6.07) is 24.2. The first-order chi connectivity index (χ1) is 29.4. The van der Waals surface area contributed by atoms with Gasteiger partial charge in [0, 0.05) is 108 Å². The summed E-state index contributed by atoms with van der Waals surface area (Å²) in [5.41, 5.74) is 7.06. The fraction of sp³-hybridized carbons (Fsp3) is 0.391. The SMILES string of the molecule is Cc1ccc(C(=O)N2CCN(CC(=O)Nc3ccc(CNC(=O)c4ccc5n4CCN(Cc4ccc(C(=O)N(C)C)cc4)C54CCC4)cc3)CC2)cc1N1CCC(=O)NC1=O. The Bertz CT molecular complexity index is 2340. The van der Waals surface area contributed by atoms with Gasteiger partial charge in [-0.1, -0.05) is 30.3 Å². The molecule has 4 aromatic rings. The highest BCUT2D eigenvalue weighted by Gasteiger charge is 2.48. The zero-order valence-electron chi connectivity index (χ0n) is 35.0. The highest BCUT2D eigenvalue weighted by Crippen LogP contribution is 2.49. The third-order valence-electron chi connectivity index (χ3n) is 12.6. The molecule has 1 aromatic heterocycles. The number of piperazine rings is 1. The van der Waals surface area contributed by atoms with Gasteiger partial charge in [0.25, 0.3) is 17.7 Å². The second kappa shape index (κ2) is 17.3. The van der Waals surface area contributed by atoms with Crippen LogP contribution in [0.4, 0.5) is 16.2 Å². The number of hydrogen-bond donors (Lipinski definition) is 3. The maximum Gasteiger partial charge on any atom is 0.328 e. The van der Waals surface area contributed by atoms with Gasteiger partial charge in [0.2, 0.25) is 11.8 Å². The summed E-state index contributed by atoms with van der Waals surface area (Å²) < 4.78 is 2.18. The molecule has 15 heteroatoms. The number of aromatic nitrogens is 1. The fourth-order valence-corrected chi connectivity index (χ4v) is 8.96. The Kier molecular flexibility index (Phi) is 11.8. The highest BCUT2D eigenvalue weighted by atomic mass is 16.2. The van der Waals surface area contributed by atoms with E-state index in [4.69, 9.17) is 0 Å². The van der Waals surface area contributed by atoms with E-state index < -0.39 is 6.03 Å². The van der Waals surface area contributed by atoms with Crippen molar-refractivity contribution in [3.05, 3.63) is 118 Å². The summed E-state index contributed by atoms with van der Waals surface area (Å²) >= 11 is 0. The number of nitrogens with one attached hydrogen (secondary N) is 3. The lowest BCUT2D eigenvalue weighted by Gasteiger charge is -2.53. The number of fused-ring (bicyclic) bond motifs is 2. The predicted octanol–water partition coefficient (Wildman–Crippen LogP) is 4.17. The van der Waals surface area contributed by atoms with Crippen LogP contribution in [0.25, 0.3) is 0 Å². The Morgan fingerprint density at radius 1 is 0.787 bits per heavy atom. The number of rotatable bonds is 11. The number of amides is 7. The van der Waals surface area contributed by atoms with E-state index in [9.17, 15) is 28.8 Å². The number of nitrogens with zero attached hydrogens (tertiary/aromatic N) is 6. The molecule has 3 aliphatic heterocycles. The van der Waals surface area contributed by atoms with Crippen LogP contribution in [0.2, 0.25) is 0 Å². The van der Waals surface area contributed by atoms with Crippen molar-refractivity contribution in [1.82, 2.24) is 34.8 Å². The summed E-state index contributed by atoms with van der Waals surface area (Å²) in [5, 5.41) is 8.39. The lowest BCUT2D eigenvalue weighted by Crippen LogP contribution is -2.56. The van der Waals surface area contributed by atoms with Crippen molar-refractivity contribution in [1.29, 1.82) is 0 Å². The summed E-state index contributed by atoms with van der Waals surface area (Å²) in [6.07, 6.45) is 3.42. The minimum atomic E-state index is -0.492. The number of benzene rings is 3. The fourth-order valence-electron chi connectivity index (χ4n) is 8.96. The van der Waals surface area contributed by atoms with Crippen LogP contribution >= 0.6 is 0 Å². The summed E-state index contributed by atoms with van der Waals surface area (Å²) in [6.45, 7) is 6.95. The van der Waals surface area contributed by atoms with Crippen LogP contribution in [0, 0.1) is 6.92 Å². The summed E-state index contributed by atoms with van der Waals surface area (Å²) in [4.78, 5) is 85.8. The van der Waals surface area contributed by atoms with Crippen molar-refractivity contribution in [2.24, 2.45) is 0 Å². The minimum Gasteiger partial charge on any atom is -0.347 e. The van der Waals surface area contributed by atoms with E-state index in [1.54, 1.807) is 36.0 Å². The molecule has 3 fully saturated rings. The van der Waals surface area contributed by atoms with E-state index in [1.165, 1.54) is 10.6 Å². The van der Waals surface area contributed by atoms with E-state index in [0.717, 1.165) is 49.0 Å². The normalized spacial score (nSPS) is 17.6. The first kappa shape index (κ1) is 41.4. The molecule has 4 heterocycles. The molecule has 0 radical (unpaired) electrons. The first-order valence-electron chi connectivity index (χ1n) is 21.0. The molecule has 1 saturated carbocycles. The molecular formula is C46H53N9O6. The Morgan fingerprint density at radius 2 is 1.49 bits per heavy atom. The van der Waals surface area contributed by atoms with Gasteiger partial charge in [0.1, 0.15) is 5.69 Å². The molecule has 7 amide bonds. The Morgan fingerprint density at radius 3 is 2.16 bits per heavy atom. The molecule has 1 spiro atoms. The molecule has 15 nitrogen and oxygen atoms in total. The van der Waals surface area contributed by atoms with Gasteiger partial charge < -0.3 is 25.0 Å². The number of aryl methyl sites for hydroxylation is 1. The van der Waals surface area contributed by atoms with E-state index >= 15 is 0 Å². The lowest BCUT2D eigenvalue weighted by molar-refractivity contribution is -0.120. The Hall–Kier alpha value is -6.32. The zero-order chi connectivity index (χ0) is 42.8. The van der Waals surface area contributed by atoms with Gasteiger partial charge >= 0.3 is 6.03 Å². The third-order valence-corrected chi connectivity index (χ3v) is 12.6. The van der Waals surface area contributed by atoms with Crippen LogP contribution < -0.4 is 20.9 Å². The number of carbonyl (C=O) groups is 6. The van der Waals surface area contributed by atoms with E-state index in [1.807, 2.05) is 72.5 Å². The van der Waals surface area contributed by atoms with Crippen LogP contribution in [0.15, 0.2) is 78.9 Å². The topological polar surface area (TPSA) is 160 Å². The third kappa shape index (κ3) is 8.66. The molecule has 0 bridgehead atoms. The lowest BCUT2D eigenvalue weighted by atomic mass is 9.71. The standard InChI is InChI=1S/C46H53N9O6/c1-31-5-10-35(27-38(31)55-20-17-40(56)49-45(55)61)44(60)52-23-21-51(22-24-52)30-41(57)48-36-13-8-32(9-14-36)28-47-42(58)37-15-16-39-46(18-4-19-46)53(25-26-54(37)39)29-33-6-11-34(12-7-33)43(59)50(2)3/h5-16,27H,4,17-26,28-30H2,1-3H3,(H,47,58)(H,48,57)(H,49,56,61). The molecule has 3 N–H and O–H groups in total. The van der Waals surface area contributed by atoms with Crippen molar-refractivity contribution in [3.8, 4) is 0 Å². The van der Waals surface area contributed by atoms with Gasteiger partial charge in [-0.2, -0.15) is 0 Å². The number of carbonyl (C=O) groups excluding carboxylic acids is 6. The monoisotopic (exact) mass is 827 g/mol. The summed E-state index contributed by atoms with van der Waals surface area (Å²) in [7, 11) is 3.51. The van der Waals surface area contributed by atoms with Crippen molar-refractivity contribution in [2.45, 2.75) is 57.8 Å². The van der Waals surface area contributed by atoms with Crippen molar-refractivity contribution in [3.63, 3.8) is 0 Å². The van der Waals surface area contributed by atoms with Crippen LogP contribution in [0.5, 0.6) is 0 Å². The van der Waals surface area contributed by atoms with Gasteiger partial charge in [-0.25, -0.2) is 4.79 Å². The van der Waals surface area contributed by atoms with Crippen LogP contribution in [0.3, 0.4) is 0 Å². The van der Waals surface area contributed by atoms with Gasteiger partial charge in [0.15, 0.2) is 0 Å². The number of anilines is 2. The molecule has 318 valence electrons. The first-order valence-corrected chi connectivity index (χ1v) is 21.0. The van der Waals surface area contributed by atoms with E-state index in [-0.39, 0.29) is 54.6 Å². The van der Waals surface area contributed by atoms with E-state index in [0.29, 0.717) is 67.5 Å². The average Bonchev–Trinajstić information content (AvgIpc) is 3.68. The molecule has 0 atom stereocenters. The maximum atomic E-state index is 13.5. The molecular weight excluding hydrogens is 775 g/mol. The van der Waals surface area contributed by atoms with E-state index in [2.05, 4.69) is 31.5 Å². The van der Waals surface area contributed by atoms with Crippen molar-refractivity contribution in [2.75, 3.05) is 70.1 Å². The van der Waals surface area contributed by atoms with Crippen LogP contribution in [-0.4, -0.2) is 120 Å². The quantitative estimate of drug-likeness (QED) is 0.203. The second-order valence-corrected chi connectivity index (χ2v) is 16.7. The molecule has 3 aromatic carbocycles. The Balaban J connectivity index is 0.793. The average molecular weight is 828 g/mol. The minimum absolute atomic E-state index is 0.00862.